The van der Waals surface area contributed by atoms with Crippen molar-refractivity contribution < 1.29 is 8.78 Å². The fourth-order valence-electron chi connectivity index (χ4n) is 2.23. The summed E-state index contributed by atoms with van der Waals surface area (Å²) in [5.41, 5.74) is 3.45. The van der Waals surface area contributed by atoms with E-state index in [1.165, 1.54) is 11.1 Å². The lowest BCUT2D eigenvalue weighted by Crippen LogP contribution is -2.39. The normalized spacial score (nSPS) is 19.9. The predicted octanol–water partition coefficient (Wildman–Crippen LogP) is 3.54. The summed E-state index contributed by atoms with van der Waals surface area (Å²) in [5.74, 6) is -2.46. The molecule has 0 bridgehead atoms. The van der Waals surface area contributed by atoms with E-state index in [2.05, 4.69) is 23.1 Å². The predicted molar refractivity (Wildman–Crippen MR) is 62.3 cm³/mol. The first-order valence-electron chi connectivity index (χ1n) is 5.67. The fourth-order valence-corrected chi connectivity index (χ4v) is 2.23. The number of hydrogen-bond acceptors (Lipinski definition) is 1. The Labute approximate surface area is 95.1 Å². The zero-order valence-electron chi connectivity index (χ0n) is 9.76. The average molecular weight is 225 g/mol. The van der Waals surface area contributed by atoms with Crippen molar-refractivity contribution in [2.24, 2.45) is 0 Å². The highest BCUT2D eigenvalue weighted by molar-refractivity contribution is 5.51. The van der Waals surface area contributed by atoms with Gasteiger partial charge >= 0.3 is 0 Å². The number of anilines is 1. The van der Waals surface area contributed by atoms with Crippen molar-refractivity contribution in [3.63, 3.8) is 0 Å². The van der Waals surface area contributed by atoms with E-state index >= 15 is 0 Å². The number of hydrogen-bond donors (Lipinski definition) is 0. The molecule has 0 amide bonds. The molecule has 0 atom stereocenters. The van der Waals surface area contributed by atoms with Crippen LogP contribution in [0.5, 0.6) is 0 Å². The van der Waals surface area contributed by atoms with Gasteiger partial charge in [0.25, 0.3) is 5.92 Å². The van der Waals surface area contributed by atoms with Crippen LogP contribution in [0.25, 0.3) is 0 Å². The van der Waals surface area contributed by atoms with E-state index in [1.807, 2.05) is 13.8 Å². The Morgan fingerprint density at radius 2 is 1.50 bits per heavy atom. The van der Waals surface area contributed by atoms with Crippen LogP contribution < -0.4 is 4.90 Å². The van der Waals surface area contributed by atoms with Gasteiger partial charge in [-0.25, -0.2) is 8.78 Å². The zero-order chi connectivity index (χ0) is 11.8. The van der Waals surface area contributed by atoms with Crippen LogP contribution in [0.4, 0.5) is 14.5 Å². The van der Waals surface area contributed by atoms with E-state index in [4.69, 9.17) is 0 Å². The van der Waals surface area contributed by atoms with Crippen molar-refractivity contribution in [1.82, 2.24) is 0 Å². The summed E-state index contributed by atoms with van der Waals surface area (Å²) in [6, 6.07) is 6.23. The van der Waals surface area contributed by atoms with Crippen molar-refractivity contribution in [2.45, 2.75) is 32.6 Å². The van der Waals surface area contributed by atoms with Crippen LogP contribution in [-0.4, -0.2) is 19.0 Å². The Morgan fingerprint density at radius 3 is 2.00 bits per heavy atom. The second-order valence-electron chi connectivity index (χ2n) is 4.69. The first-order valence-corrected chi connectivity index (χ1v) is 5.67. The highest BCUT2D eigenvalue weighted by Gasteiger charge is 2.33. The largest absolute Gasteiger partial charge is 0.371 e. The average Bonchev–Trinajstić information content (AvgIpc) is 2.15. The van der Waals surface area contributed by atoms with Gasteiger partial charge in [0.1, 0.15) is 0 Å². The van der Waals surface area contributed by atoms with E-state index in [1.54, 1.807) is 0 Å². The van der Waals surface area contributed by atoms with Crippen LogP contribution in [0.1, 0.15) is 24.0 Å². The van der Waals surface area contributed by atoms with Crippen LogP contribution in [0, 0.1) is 13.8 Å². The minimum absolute atomic E-state index is 0.0278. The van der Waals surface area contributed by atoms with E-state index in [0.717, 1.165) is 5.69 Å². The molecule has 1 aliphatic rings. The van der Waals surface area contributed by atoms with E-state index in [0.29, 0.717) is 13.1 Å². The number of halogens is 2. The number of nitrogens with zero attached hydrogens (tertiary/aromatic N) is 1. The van der Waals surface area contributed by atoms with Crippen molar-refractivity contribution in [2.75, 3.05) is 18.0 Å². The lowest BCUT2D eigenvalue weighted by Gasteiger charge is -2.33. The molecule has 0 aromatic heterocycles. The molecule has 2 rings (SSSR count). The number of benzene rings is 1. The second-order valence-corrected chi connectivity index (χ2v) is 4.69. The van der Waals surface area contributed by atoms with Gasteiger partial charge in [0, 0.05) is 31.6 Å². The molecule has 1 nitrogen and oxygen atoms in total. The van der Waals surface area contributed by atoms with Crippen LogP contribution in [0.2, 0.25) is 0 Å². The van der Waals surface area contributed by atoms with E-state index < -0.39 is 5.92 Å². The van der Waals surface area contributed by atoms with Crippen molar-refractivity contribution in [3.8, 4) is 0 Å². The summed E-state index contributed by atoms with van der Waals surface area (Å²) in [5, 5.41) is 0. The van der Waals surface area contributed by atoms with Gasteiger partial charge in [0.05, 0.1) is 0 Å². The van der Waals surface area contributed by atoms with Gasteiger partial charge in [-0.05, 0) is 37.1 Å². The maximum Gasteiger partial charge on any atom is 0.251 e. The topological polar surface area (TPSA) is 3.24 Å². The molecule has 1 fully saturated rings. The molecule has 0 saturated carbocycles. The quantitative estimate of drug-likeness (QED) is 0.706. The number of alkyl halides is 2. The van der Waals surface area contributed by atoms with Gasteiger partial charge in [-0.15, -0.1) is 0 Å². The number of rotatable bonds is 1. The molecular formula is C13H17F2N. The second kappa shape index (κ2) is 4.04. The lowest BCUT2D eigenvalue weighted by atomic mass is 10.0. The maximum absolute atomic E-state index is 13.0. The molecule has 0 unspecified atom stereocenters. The highest BCUT2D eigenvalue weighted by Crippen LogP contribution is 2.31. The Morgan fingerprint density at radius 1 is 1.00 bits per heavy atom. The molecule has 0 N–H and O–H groups in total. The van der Waals surface area contributed by atoms with Gasteiger partial charge in [-0.1, -0.05) is 6.07 Å². The smallest absolute Gasteiger partial charge is 0.251 e. The van der Waals surface area contributed by atoms with Gasteiger partial charge < -0.3 is 4.90 Å². The molecule has 0 radical (unpaired) electrons. The third-order valence-electron chi connectivity index (χ3n) is 3.07. The van der Waals surface area contributed by atoms with Gasteiger partial charge in [0.15, 0.2) is 0 Å². The van der Waals surface area contributed by atoms with Gasteiger partial charge in [0.2, 0.25) is 0 Å². The standard InChI is InChI=1S/C13H17F2N/c1-10-7-11(2)9-12(8-10)16-5-3-13(14,15)4-6-16/h7-9H,3-6H2,1-2H3. The Bertz CT molecular complexity index is 357. The molecule has 1 heterocycles. The molecule has 16 heavy (non-hydrogen) atoms. The fraction of sp³-hybridized carbons (Fsp3) is 0.538. The summed E-state index contributed by atoms with van der Waals surface area (Å²) in [4.78, 5) is 2.05. The van der Waals surface area contributed by atoms with E-state index in [9.17, 15) is 8.78 Å². The third-order valence-corrected chi connectivity index (χ3v) is 3.07. The van der Waals surface area contributed by atoms with Crippen molar-refractivity contribution in [1.29, 1.82) is 0 Å². The molecular weight excluding hydrogens is 208 g/mol. The monoisotopic (exact) mass is 225 g/mol. The molecule has 1 aliphatic heterocycles. The summed E-state index contributed by atoms with van der Waals surface area (Å²) >= 11 is 0. The zero-order valence-corrected chi connectivity index (χ0v) is 9.76. The summed E-state index contributed by atoms with van der Waals surface area (Å²) in [6.45, 7) is 4.98. The molecule has 3 heteroatoms. The van der Waals surface area contributed by atoms with E-state index in [-0.39, 0.29) is 12.8 Å². The molecule has 0 aliphatic carbocycles. The van der Waals surface area contributed by atoms with Crippen LogP contribution in [0.15, 0.2) is 18.2 Å². The molecule has 0 spiro atoms. The SMILES string of the molecule is Cc1cc(C)cc(N2CCC(F)(F)CC2)c1. The van der Waals surface area contributed by atoms with Crippen LogP contribution in [-0.2, 0) is 0 Å². The maximum atomic E-state index is 13.0. The minimum atomic E-state index is -2.46. The van der Waals surface area contributed by atoms with Gasteiger partial charge in [-0.2, -0.15) is 0 Å². The van der Waals surface area contributed by atoms with Gasteiger partial charge in [-0.3, -0.25) is 0 Å². The highest BCUT2D eigenvalue weighted by atomic mass is 19.3. The first kappa shape index (κ1) is 11.4. The summed E-state index contributed by atoms with van der Waals surface area (Å²) < 4.78 is 26.1. The number of aryl methyl sites for hydroxylation is 2. The Hall–Kier alpha value is -1.12. The Balaban J connectivity index is 2.14. The Kier molecular flexibility index (Phi) is 2.87. The first-order chi connectivity index (χ1) is 7.46. The third kappa shape index (κ3) is 2.52. The molecule has 1 aromatic rings. The summed E-state index contributed by atoms with van der Waals surface area (Å²) in [6.07, 6.45) is -0.0556. The molecule has 1 saturated heterocycles. The van der Waals surface area contributed by atoms with Crippen molar-refractivity contribution in [3.05, 3.63) is 29.3 Å². The lowest BCUT2D eigenvalue weighted by molar-refractivity contribution is -0.0220. The summed E-state index contributed by atoms with van der Waals surface area (Å²) in [7, 11) is 0. The number of piperidine rings is 1. The molecule has 1 aromatic carbocycles. The molecule has 88 valence electrons. The van der Waals surface area contributed by atoms with Crippen molar-refractivity contribution >= 4 is 5.69 Å². The van der Waals surface area contributed by atoms with Crippen LogP contribution in [0.3, 0.4) is 0 Å². The minimum Gasteiger partial charge on any atom is -0.371 e. The van der Waals surface area contributed by atoms with Crippen LogP contribution >= 0.6 is 0 Å².